The quantitative estimate of drug-likeness (QED) is 0.398. The molecular formula is C30H37N7O2. The number of primary amides is 1. The summed E-state index contributed by atoms with van der Waals surface area (Å²) in [6.45, 7) is 11.8. The first-order valence-electron chi connectivity index (χ1n) is 13.3. The highest BCUT2D eigenvalue weighted by atomic mass is 16.1. The normalized spacial score (nSPS) is 16.2. The van der Waals surface area contributed by atoms with Crippen LogP contribution in [-0.2, 0) is 13.6 Å². The number of hydrogen-bond acceptors (Lipinski definition) is 6. The predicted octanol–water partition coefficient (Wildman–Crippen LogP) is 3.50. The Balaban J connectivity index is 1.40. The summed E-state index contributed by atoms with van der Waals surface area (Å²) in [4.78, 5) is 34.3. The highest BCUT2D eigenvalue weighted by Gasteiger charge is 2.28. The van der Waals surface area contributed by atoms with Gasteiger partial charge in [-0.1, -0.05) is 0 Å². The van der Waals surface area contributed by atoms with Crippen molar-refractivity contribution in [3.63, 3.8) is 0 Å². The fourth-order valence-electron chi connectivity index (χ4n) is 5.91. The van der Waals surface area contributed by atoms with E-state index in [4.69, 9.17) is 5.73 Å². The number of carbonyl (C=O) groups excluding carboxylic acids is 1. The Morgan fingerprint density at radius 1 is 1.13 bits per heavy atom. The number of nitrogens with one attached hydrogen (secondary N) is 1. The lowest BCUT2D eigenvalue weighted by molar-refractivity contribution is 0.0999. The Hall–Kier alpha value is -4.11. The molecule has 0 radical (unpaired) electrons. The van der Waals surface area contributed by atoms with Gasteiger partial charge in [-0.15, -0.1) is 0 Å². The maximum absolute atomic E-state index is 12.8. The van der Waals surface area contributed by atoms with Gasteiger partial charge < -0.3 is 20.5 Å². The zero-order chi connectivity index (χ0) is 28.0. The molecule has 1 fully saturated rings. The van der Waals surface area contributed by atoms with Gasteiger partial charge in [0.25, 0.3) is 5.56 Å². The van der Waals surface area contributed by atoms with E-state index in [0.717, 1.165) is 71.0 Å². The topological polar surface area (TPSA) is 101 Å². The molecule has 1 amide bonds. The molecule has 0 spiro atoms. The molecule has 0 bridgehead atoms. The molecule has 0 aliphatic carbocycles. The molecular weight excluding hydrogens is 490 g/mol. The number of piperazine rings is 1. The first kappa shape index (κ1) is 26.5. The van der Waals surface area contributed by atoms with E-state index in [-0.39, 0.29) is 11.5 Å². The van der Waals surface area contributed by atoms with Gasteiger partial charge in [0.15, 0.2) is 0 Å². The number of hydrogen-bond donors (Lipinski definition) is 2. The number of pyridine rings is 2. The van der Waals surface area contributed by atoms with E-state index < -0.39 is 0 Å². The smallest absolute Gasteiger partial charge is 0.257 e. The highest BCUT2D eigenvalue weighted by molar-refractivity contribution is 5.96. The molecule has 1 aliphatic heterocycles. The second-order valence-electron chi connectivity index (χ2n) is 10.6. The van der Waals surface area contributed by atoms with Gasteiger partial charge in [0.2, 0.25) is 5.91 Å². The average molecular weight is 528 g/mol. The number of nitrogens with zero attached hydrogens (tertiary/aromatic N) is 5. The molecule has 39 heavy (non-hydrogen) atoms. The Labute approximate surface area is 228 Å². The number of amides is 1. The van der Waals surface area contributed by atoms with Crippen molar-refractivity contribution in [1.82, 2.24) is 19.0 Å². The molecule has 9 heteroatoms. The minimum Gasteiger partial charge on any atom is -0.388 e. The van der Waals surface area contributed by atoms with Gasteiger partial charge in [-0.05, 0) is 68.7 Å². The minimum absolute atomic E-state index is 0.0887. The molecule has 1 saturated heterocycles. The van der Waals surface area contributed by atoms with Crippen LogP contribution in [0, 0.1) is 20.8 Å². The number of aromatic nitrogens is 3. The van der Waals surface area contributed by atoms with Crippen molar-refractivity contribution < 1.29 is 4.79 Å². The van der Waals surface area contributed by atoms with E-state index in [1.165, 1.54) is 5.69 Å². The standard InChI is InChI=1S/C30H37N7O2/c1-18-13-24(29(31)39)20(3)21(4)28(18)36-12-11-35(19(2)16-36)17-23-15-25-26(7-9-33-30(25)34(23)6)37-10-8-22(32-5)14-27(37)38/h7-10,13-15,19,32H,11-12,16-17H2,1-6H3,(H2,31,39). The number of rotatable bonds is 6. The first-order valence-corrected chi connectivity index (χ1v) is 13.3. The van der Waals surface area contributed by atoms with Crippen LogP contribution in [0.1, 0.15) is 39.7 Å². The third kappa shape index (κ3) is 4.67. The van der Waals surface area contributed by atoms with Crippen molar-refractivity contribution in [1.29, 1.82) is 0 Å². The van der Waals surface area contributed by atoms with Crippen LogP contribution in [0.4, 0.5) is 11.4 Å². The second-order valence-corrected chi connectivity index (χ2v) is 10.6. The maximum Gasteiger partial charge on any atom is 0.257 e. The number of anilines is 2. The summed E-state index contributed by atoms with van der Waals surface area (Å²) in [5.74, 6) is -0.379. The highest BCUT2D eigenvalue weighted by Crippen LogP contribution is 2.32. The lowest BCUT2D eigenvalue weighted by Gasteiger charge is -2.42. The largest absolute Gasteiger partial charge is 0.388 e. The number of fused-ring (bicyclic) bond motifs is 1. The van der Waals surface area contributed by atoms with Crippen molar-refractivity contribution in [2.24, 2.45) is 12.8 Å². The molecule has 204 valence electrons. The SMILES string of the molecule is CNc1ccn(-c2ccnc3c2cc(CN2CCN(c4c(C)cc(C(N)=O)c(C)c4C)CC2C)n3C)c(=O)c1. The molecule has 3 N–H and O–H groups in total. The predicted molar refractivity (Wildman–Crippen MR) is 157 cm³/mol. The molecule has 1 aliphatic rings. The number of benzene rings is 1. The van der Waals surface area contributed by atoms with Crippen LogP contribution >= 0.6 is 0 Å². The monoisotopic (exact) mass is 527 g/mol. The molecule has 1 unspecified atom stereocenters. The van der Waals surface area contributed by atoms with Crippen LogP contribution in [-0.4, -0.2) is 57.6 Å². The zero-order valence-corrected chi connectivity index (χ0v) is 23.6. The summed E-state index contributed by atoms with van der Waals surface area (Å²) in [5, 5.41) is 3.97. The minimum atomic E-state index is -0.379. The Morgan fingerprint density at radius 2 is 1.90 bits per heavy atom. The Morgan fingerprint density at radius 3 is 2.56 bits per heavy atom. The number of nitrogens with two attached hydrogens (primary N) is 1. The van der Waals surface area contributed by atoms with E-state index in [2.05, 4.69) is 51.5 Å². The summed E-state index contributed by atoms with van der Waals surface area (Å²) in [6.07, 6.45) is 3.57. The molecule has 0 saturated carbocycles. The van der Waals surface area contributed by atoms with E-state index in [0.29, 0.717) is 11.6 Å². The summed E-state index contributed by atoms with van der Waals surface area (Å²) in [7, 11) is 3.84. The fraction of sp³-hybridized carbons (Fsp3) is 0.367. The van der Waals surface area contributed by atoms with Crippen molar-refractivity contribution in [3.05, 3.63) is 81.0 Å². The van der Waals surface area contributed by atoms with Crippen LogP contribution in [0.25, 0.3) is 16.7 Å². The number of carbonyl (C=O) groups is 1. The van der Waals surface area contributed by atoms with Crippen molar-refractivity contribution in [3.8, 4) is 5.69 Å². The van der Waals surface area contributed by atoms with Gasteiger partial charge in [0.05, 0.1) is 5.69 Å². The van der Waals surface area contributed by atoms with E-state index in [9.17, 15) is 9.59 Å². The second kappa shape index (κ2) is 10.2. The Bertz CT molecular complexity index is 1630. The van der Waals surface area contributed by atoms with Crippen molar-refractivity contribution in [2.75, 3.05) is 36.9 Å². The average Bonchev–Trinajstić information content (AvgIpc) is 3.22. The Kier molecular flexibility index (Phi) is 6.94. The molecule has 1 atom stereocenters. The zero-order valence-electron chi connectivity index (χ0n) is 23.6. The fourth-order valence-corrected chi connectivity index (χ4v) is 5.91. The van der Waals surface area contributed by atoms with Gasteiger partial charge in [0.1, 0.15) is 5.65 Å². The van der Waals surface area contributed by atoms with Gasteiger partial charge in [-0.3, -0.25) is 19.1 Å². The summed E-state index contributed by atoms with van der Waals surface area (Å²) in [6, 6.07) is 9.79. The van der Waals surface area contributed by atoms with Gasteiger partial charge in [0, 0.05) is 92.8 Å². The molecule has 4 aromatic rings. The molecule has 3 aromatic heterocycles. The molecule has 9 nitrogen and oxygen atoms in total. The van der Waals surface area contributed by atoms with Crippen LogP contribution in [0.15, 0.2) is 47.5 Å². The maximum atomic E-state index is 12.8. The van der Waals surface area contributed by atoms with E-state index in [1.807, 2.05) is 32.2 Å². The van der Waals surface area contributed by atoms with Crippen LogP contribution in [0.5, 0.6) is 0 Å². The van der Waals surface area contributed by atoms with E-state index in [1.54, 1.807) is 30.1 Å². The first-order chi connectivity index (χ1) is 18.6. The van der Waals surface area contributed by atoms with Gasteiger partial charge >= 0.3 is 0 Å². The summed E-state index contributed by atoms with van der Waals surface area (Å²) in [5.41, 5.74) is 14.1. The lowest BCUT2D eigenvalue weighted by Crippen LogP contribution is -2.52. The molecule has 4 heterocycles. The van der Waals surface area contributed by atoms with Crippen molar-refractivity contribution in [2.45, 2.75) is 40.3 Å². The van der Waals surface area contributed by atoms with Crippen LogP contribution in [0.2, 0.25) is 0 Å². The summed E-state index contributed by atoms with van der Waals surface area (Å²) < 4.78 is 3.80. The van der Waals surface area contributed by atoms with Crippen LogP contribution in [0.3, 0.4) is 0 Å². The number of aryl methyl sites for hydroxylation is 2. The molecule has 1 aromatic carbocycles. The third-order valence-corrected chi connectivity index (χ3v) is 8.24. The molecule has 5 rings (SSSR count). The summed E-state index contributed by atoms with van der Waals surface area (Å²) >= 11 is 0. The van der Waals surface area contributed by atoms with Gasteiger partial charge in [-0.2, -0.15) is 0 Å². The van der Waals surface area contributed by atoms with E-state index >= 15 is 0 Å². The van der Waals surface area contributed by atoms with Crippen LogP contribution < -0.4 is 21.5 Å². The van der Waals surface area contributed by atoms with Crippen molar-refractivity contribution >= 4 is 28.3 Å². The lowest BCUT2D eigenvalue weighted by atomic mass is 9.95. The third-order valence-electron chi connectivity index (χ3n) is 8.24. The van der Waals surface area contributed by atoms with Gasteiger partial charge in [-0.25, -0.2) is 4.98 Å².